The molecule has 2 aromatic rings. The zero-order chi connectivity index (χ0) is 21.0. The second kappa shape index (κ2) is 9.51. The second-order valence-electron chi connectivity index (χ2n) is 6.05. The van der Waals surface area contributed by atoms with Crippen LogP contribution in [0.15, 0.2) is 41.3 Å². The number of ether oxygens (including phenoxy) is 2. The smallest absolute Gasteiger partial charge is 0.262 e. The van der Waals surface area contributed by atoms with Crippen LogP contribution in [0.3, 0.4) is 0 Å². The Bertz CT molecular complexity index is 1010. The molecular weight excluding hydrogens is 463 g/mol. The maximum Gasteiger partial charge on any atom is 0.262 e. The third kappa shape index (κ3) is 5.33. The molecule has 0 spiro atoms. The van der Waals surface area contributed by atoms with Crippen LogP contribution < -0.4 is 10.1 Å². The monoisotopic (exact) mass is 478 g/mol. The van der Waals surface area contributed by atoms with Gasteiger partial charge in [-0.05, 0) is 30.3 Å². The highest BCUT2D eigenvalue weighted by Gasteiger charge is 2.29. The predicted molar refractivity (Wildman–Crippen MR) is 112 cm³/mol. The van der Waals surface area contributed by atoms with Gasteiger partial charge in [0.25, 0.3) is 5.91 Å². The van der Waals surface area contributed by atoms with Gasteiger partial charge in [0.1, 0.15) is 10.6 Å². The van der Waals surface area contributed by atoms with Gasteiger partial charge in [-0.2, -0.15) is 4.31 Å². The molecule has 1 saturated heterocycles. The standard InChI is InChI=1S/C18H17Cl3N2O5S/c19-12-4-5-15(16(10-12)29(25,26)23-6-8-27-9-7-23)28-11-17(24)22-14-3-1-2-13(20)18(14)21/h1-5,10H,6-9,11H2,(H,22,24). The number of carbonyl (C=O) groups is 1. The third-order valence-electron chi connectivity index (χ3n) is 4.08. The van der Waals surface area contributed by atoms with Crippen LogP contribution in [0.1, 0.15) is 0 Å². The Kier molecular flexibility index (Phi) is 7.26. The number of nitrogens with one attached hydrogen (secondary N) is 1. The summed E-state index contributed by atoms with van der Waals surface area (Å²) in [6.45, 7) is 0.623. The lowest BCUT2D eigenvalue weighted by atomic mass is 10.3. The first-order valence-corrected chi connectivity index (χ1v) is 11.1. The van der Waals surface area contributed by atoms with E-state index >= 15 is 0 Å². The van der Waals surface area contributed by atoms with E-state index in [-0.39, 0.29) is 33.8 Å². The van der Waals surface area contributed by atoms with Crippen LogP contribution in [0, 0.1) is 0 Å². The van der Waals surface area contributed by atoms with E-state index in [4.69, 9.17) is 44.3 Å². The van der Waals surface area contributed by atoms with Crippen molar-refractivity contribution < 1.29 is 22.7 Å². The number of sulfonamides is 1. The average Bonchev–Trinajstić information content (AvgIpc) is 2.71. The van der Waals surface area contributed by atoms with Crippen molar-refractivity contribution in [3.8, 4) is 5.75 Å². The van der Waals surface area contributed by atoms with Crippen molar-refractivity contribution in [1.29, 1.82) is 0 Å². The molecule has 1 amide bonds. The number of hydrogen-bond acceptors (Lipinski definition) is 5. The Morgan fingerprint density at radius 1 is 1.14 bits per heavy atom. The highest BCUT2D eigenvalue weighted by atomic mass is 35.5. The van der Waals surface area contributed by atoms with Crippen LogP contribution in [0.5, 0.6) is 5.75 Å². The summed E-state index contributed by atoms with van der Waals surface area (Å²) in [5.74, 6) is -0.507. The molecule has 156 valence electrons. The quantitative estimate of drug-likeness (QED) is 0.683. The van der Waals surface area contributed by atoms with E-state index in [2.05, 4.69) is 5.32 Å². The molecule has 0 atom stereocenters. The number of carbonyl (C=O) groups excluding carboxylic acids is 1. The molecule has 1 heterocycles. The molecule has 29 heavy (non-hydrogen) atoms. The Morgan fingerprint density at radius 3 is 2.59 bits per heavy atom. The van der Waals surface area contributed by atoms with Gasteiger partial charge in [-0.15, -0.1) is 0 Å². The maximum atomic E-state index is 13.0. The van der Waals surface area contributed by atoms with Crippen LogP contribution in [0.4, 0.5) is 5.69 Å². The van der Waals surface area contributed by atoms with E-state index in [9.17, 15) is 13.2 Å². The second-order valence-corrected chi connectivity index (χ2v) is 9.17. The molecule has 1 aliphatic rings. The third-order valence-corrected chi connectivity index (χ3v) is 7.05. The van der Waals surface area contributed by atoms with Crippen LogP contribution in [0.2, 0.25) is 15.1 Å². The molecule has 0 unspecified atom stereocenters. The first-order valence-electron chi connectivity index (χ1n) is 8.53. The van der Waals surface area contributed by atoms with Crippen molar-refractivity contribution >= 4 is 56.4 Å². The molecule has 7 nitrogen and oxygen atoms in total. The van der Waals surface area contributed by atoms with Crippen LogP contribution in [-0.2, 0) is 19.6 Å². The summed E-state index contributed by atoms with van der Waals surface area (Å²) in [5, 5.41) is 3.30. The van der Waals surface area contributed by atoms with Crippen molar-refractivity contribution in [2.75, 3.05) is 38.2 Å². The van der Waals surface area contributed by atoms with E-state index in [0.717, 1.165) is 0 Å². The lowest BCUT2D eigenvalue weighted by Gasteiger charge is -2.26. The van der Waals surface area contributed by atoms with E-state index in [1.165, 1.54) is 22.5 Å². The van der Waals surface area contributed by atoms with E-state index < -0.39 is 22.5 Å². The fourth-order valence-electron chi connectivity index (χ4n) is 2.66. The zero-order valence-corrected chi connectivity index (χ0v) is 18.1. The number of nitrogens with zero attached hydrogens (tertiary/aromatic N) is 1. The van der Waals surface area contributed by atoms with Crippen LogP contribution in [-0.4, -0.2) is 51.5 Å². The first kappa shape index (κ1) is 22.1. The molecule has 1 fully saturated rings. The first-order chi connectivity index (χ1) is 13.8. The number of amides is 1. The average molecular weight is 480 g/mol. The van der Waals surface area contributed by atoms with Gasteiger partial charge in [0.05, 0.1) is 28.9 Å². The predicted octanol–water partition coefficient (Wildman–Crippen LogP) is 3.69. The summed E-state index contributed by atoms with van der Waals surface area (Å²) in [4.78, 5) is 12.1. The Balaban J connectivity index is 1.76. The van der Waals surface area contributed by atoms with Gasteiger partial charge in [0.15, 0.2) is 6.61 Å². The minimum Gasteiger partial charge on any atom is -0.482 e. The number of anilines is 1. The van der Waals surface area contributed by atoms with Gasteiger partial charge < -0.3 is 14.8 Å². The number of halogens is 3. The van der Waals surface area contributed by atoms with Crippen molar-refractivity contribution in [2.45, 2.75) is 4.90 Å². The minimum atomic E-state index is -3.86. The van der Waals surface area contributed by atoms with E-state index in [0.29, 0.717) is 23.9 Å². The van der Waals surface area contributed by atoms with Gasteiger partial charge in [-0.1, -0.05) is 40.9 Å². The zero-order valence-electron chi connectivity index (χ0n) is 15.0. The number of benzene rings is 2. The molecule has 1 N–H and O–H groups in total. The highest BCUT2D eigenvalue weighted by Crippen LogP contribution is 2.31. The number of morpholine rings is 1. The number of hydrogen-bond donors (Lipinski definition) is 1. The highest BCUT2D eigenvalue weighted by molar-refractivity contribution is 7.89. The van der Waals surface area contributed by atoms with Crippen LogP contribution in [0.25, 0.3) is 0 Å². The maximum absolute atomic E-state index is 13.0. The van der Waals surface area contributed by atoms with Crippen molar-refractivity contribution in [2.24, 2.45) is 0 Å². The molecule has 0 radical (unpaired) electrons. The van der Waals surface area contributed by atoms with E-state index in [1.807, 2.05) is 0 Å². The molecule has 3 rings (SSSR count). The summed E-state index contributed by atoms with van der Waals surface area (Å²) in [6.07, 6.45) is 0. The van der Waals surface area contributed by atoms with Crippen molar-refractivity contribution in [1.82, 2.24) is 4.31 Å². The van der Waals surface area contributed by atoms with E-state index in [1.54, 1.807) is 18.2 Å². The largest absolute Gasteiger partial charge is 0.482 e. The summed E-state index contributed by atoms with van der Waals surface area (Å²) in [6, 6.07) is 9.01. The minimum absolute atomic E-state index is 0.0215. The fraction of sp³-hybridized carbons (Fsp3) is 0.278. The van der Waals surface area contributed by atoms with Crippen LogP contribution >= 0.6 is 34.8 Å². The lowest BCUT2D eigenvalue weighted by Crippen LogP contribution is -2.40. The van der Waals surface area contributed by atoms with Crippen molar-refractivity contribution in [3.63, 3.8) is 0 Å². The molecule has 0 aromatic heterocycles. The van der Waals surface area contributed by atoms with Crippen molar-refractivity contribution in [3.05, 3.63) is 51.5 Å². The molecular formula is C18H17Cl3N2O5S. The molecule has 11 heteroatoms. The fourth-order valence-corrected chi connectivity index (χ4v) is 4.81. The normalized spacial score (nSPS) is 15.1. The summed E-state index contributed by atoms with van der Waals surface area (Å²) in [7, 11) is -3.86. The summed E-state index contributed by atoms with van der Waals surface area (Å²) >= 11 is 18.0. The van der Waals surface area contributed by atoms with Gasteiger partial charge in [0, 0.05) is 18.1 Å². The lowest BCUT2D eigenvalue weighted by molar-refractivity contribution is -0.118. The molecule has 0 saturated carbocycles. The van der Waals surface area contributed by atoms with Gasteiger partial charge in [-0.25, -0.2) is 8.42 Å². The Labute approximate surface area is 183 Å². The van der Waals surface area contributed by atoms with Gasteiger partial charge in [-0.3, -0.25) is 4.79 Å². The Hall–Kier alpha value is -1.55. The Morgan fingerprint density at radius 2 is 1.86 bits per heavy atom. The van der Waals surface area contributed by atoms with Gasteiger partial charge in [0.2, 0.25) is 10.0 Å². The molecule has 0 aliphatic carbocycles. The summed E-state index contributed by atoms with van der Waals surface area (Å²) in [5.41, 5.74) is 0.324. The SMILES string of the molecule is O=C(COc1ccc(Cl)cc1S(=O)(=O)N1CCOCC1)Nc1cccc(Cl)c1Cl. The summed E-state index contributed by atoms with van der Waals surface area (Å²) < 4.78 is 37.9. The topological polar surface area (TPSA) is 84.9 Å². The van der Waals surface area contributed by atoms with Gasteiger partial charge >= 0.3 is 0 Å². The number of rotatable bonds is 6. The molecule has 1 aliphatic heterocycles. The molecule has 2 aromatic carbocycles. The molecule has 0 bridgehead atoms.